The minimum Gasteiger partial charge on any atom is -0.494 e. The highest BCUT2D eigenvalue weighted by molar-refractivity contribution is 6.32. The molecule has 5 heteroatoms. The number of benzene rings is 1. The lowest BCUT2D eigenvalue weighted by Gasteiger charge is -2.07. The summed E-state index contributed by atoms with van der Waals surface area (Å²) < 4.78 is 5.46. The first kappa shape index (κ1) is 13.8. The monoisotopic (exact) mass is 257 g/mol. The lowest BCUT2D eigenvalue weighted by Crippen LogP contribution is -2.00. The van der Waals surface area contributed by atoms with Gasteiger partial charge in [-0.1, -0.05) is 25.4 Å². The van der Waals surface area contributed by atoms with Gasteiger partial charge in [0.2, 0.25) is 0 Å². The summed E-state index contributed by atoms with van der Waals surface area (Å²) in [5.74, 6) is 1.23. The summed E-state index contributed by atoms with van der Waals surface area (Å²) in [5.41, 5.74) is -0.0961. The van der Waals surface area contributed by atoms with Gasteiger partial charge in [-0.15, -0.1) is 0 Å². The van der Waals surface area contributed by atoms with Crippen molar-refractivity contribution in [1.82, 2.24) is 0 Å². The molecule has 1 aromatic carbocycles. The van der Waals surface area contributed by atoms with E-state index >= 15 is 0 Å². The molecule has 0 saturated heterocycles. The summed E-state index contributed by atoms with van der Waals surface area (Å²) in [4.78, 5) is 10.0. The Bertz CT molecular complexity index is 393. The van der Waals surface area contributed by atoms with Crippen LogP contribution in [0.25, 0.3) is 0 Å². The summed E-state index contributed by atoms with van der Waals surface area (Å²) >= 11 is 5.77. The van der Waals surface area contributed by atoms with E-state index in [1.165, 1.54) is 12.1 Å². The van der Waals surface area contributed by atoms with Crippen molar-refractivity contribution in [2.75, 3.05) is 6.61 Å². The van der Waals surface area contributed by atoms with Crippen LogP contribution in [0.15, 0.2) is 18.2 Å². The van der Waals surface area contributed by atoms with Crippen molar-refractivity contribution in [3.05, 3.63) is 33.3 Å². The van der Waals surface area contributed by atoms with Crippen LogP contribution in [0.4, 0.5) is 5.69 Å². The number of hydrogen-bond donors (Lipinski definition) is 0. The maximum atomic E-state index is 10.5. The molecule has 0 radical (unpaired) electrons. The predicted octanol–water partition coefficient (Wildman–Crippen LogP) is 4.06. The van der Waals surface area contributed by atoms with Crippen molar-refractivity contribution in [3.63, 3.8) is 0 Å². The zero-order valence-electron chi connectivity index (χ0n) is 9.98. The van der Waals surface area contributed by atoms with E-state index in [2.05, 4.69) is 13.8 Å². The number of ether oxygens (including phenoxy) is 1. The molecule has 0 bridgehead atoms. The van der Waals surface area contributed by atoms with Gasteiger partial charge in [0.05, 0.1) is 11.5 Å². The maximum Gasteiger partial charge on any atom is 0.288 e. The maximum absolute atomic E-state index is 10.5. The molecule has 0 atom stereocenters. The van der Waals surface area contributed by atoms with E-state index in [1.54, 1.807) is 6.07 Å². The van der Waals surface area contributed by atoms with Crippen LogP contribution in [0.1, 0.15) is 26.7 Å². The fourth-order valence-electron chi connectivity index (χ4n) is 1.41. The van der Waals surface area contributed by atoms with Crippen LogP contribution in [0.5, 0.6) is 5.75 Å². The quantitative estimate of drug-likeness (QED) is 0.439. The van der Waals surface area contributed by atoms with E-state index in [4.69, 9.17) is 16.3 Å². The van der Waals surface area contributed by atoms with E-state index in [1.807, 2.05) is 0 Å². The SMILES string of the molecule is CC(C)CCCOc1ccc([N+](=O)[O-])c(Cl)c1. The van der Waals surface area contributed by atoms with E-state index in [0.717, 1.165) is 12.8 Å². The molecule has 0 aliphatic heterocycles. The average molecular weight is 258 g/mol. The topological polar surface area (TPSA) is 52.4 Å². The molecule has 4 nitrogen and oxygen atoms in total. The molecule has 0 saturated carbocycles. The molecule has 0 unspecified atom stereocenters. The summed E-state index contributed by atoms with van der Waals surface area (Å²) in [6.07, 6.45) is 2.06. The normalized spacial score (nSPS) is 10.6. The van der Waals surface area contributed by atoms with Crippen molar-refractivity contribution in [2.45, 2.75) is 26.7 Å². The Balaban J connectivity index is 2.50. The van der Waals surface area contributed by atoms with Crippen LogP contribution in [0.2, 0.25) is 5.02 Å². The first-order valence-corrected chi connectivity index (χ1v) is 5.95. The Morgan fingerprint density at radius 3 is 2.71 bits per heavy atom. The molecule has 1 aromatic rings. The van der Waals surface area contributed by atoms with E-state index in [-0.39, 0.29) is 10.7 Å². The van der Waals surface area contributed by atoms with Gasteiger partial charge >= 0.3 is 0 Å². The Hall–Kier alpha value is -1.29. The highest BCUT2D eigenvalue weighted by Gasteiger charge is 2.12. The second kappa shape index (κ2) is 6.45. The Morgan fingerprint density at radius 1 is 1.47 bits per heavy atom. The number of halogens is 1. The van der Waals surface area contributed by atoms with Gasteiger partial charge in [-0.05, 0) is 24.8 Å². The van der Waals surface area contributed by atoms with Gasteiger partial charge in [0.15, 0.2) is 0 Å². The minimum absolute atomic E-state index is 0.0961. The molecule has 0 aromatic heterocycles. The van der Waals surface area contributed by atoms with Crippen LogP contribution >= 0.6 is 11.6 Å². The molecule has 94 valence electrons. The van der Waals surface area contributed by atoms with Gasteiger partial charge in [-0.25, -0.2) is 0 Å². The predicted molar refractivity (Wildman–Crippen MR) is 67.7 cm³/mol. The van der Waals surface area contributed by atoms with Gasteiger partial charge in [0.25, 0.3) is 5.69 Å². The second-order valence-electron chi connectivity index (χ2n) is 4.25. The zero-order chi connectivity index (χ0) is 12.8. The van der Waals surface area contributed by atoms with Crippen molar-refractivity contribution in [1.29, 1.82) is 0 Å². The summed E-state index contributed by atoms with van der Waals surface area (Å²) in [5, 5.41) is 10.7. The largest absolute Gasteiger partial charge is 0.494 e. The Labute approximate surface area is 106 Å². The van der Waals surface area contributed by atoms with Crippen LogP contribution < -0.4 is 4.74 Å². The molecule has 0 aliphatic carbocycles. The molecule has 1 rings (SSSR count). The van der Waals surface area contributed by atoms with Crippen LogP contribution in [-0.4, -0.2) is 11.5 Å². The Kier molecular flexibility index (Phi) is 5.22. The first-order chi connectivity index (χ1) is 8.00. The molecule has 0 amide bonds. The third kappa shape index (κ3) is 4.61. The molecule has 0 N–H and O–H groups in total. The highest BCUT2D eigenvalue weighted by atomic mass is 35.5. The summed E-state index contributed by atoms with van der Waals surface area (Å²) in [6.45, 7) is 4.91. The smallest absolute Gasteiger partial charge is 0.288 e. The molecule has 0 fully saturated rings. The fourth-order valence-corrected chi connectivity index (χ4v) is 1.65. The van der Waals surface area contributed by atoms with Crippen LogP contribution in [0, 0.1) is 16.0 Å². The van der Waals surface area contributed by atoms with E-state index < -0.39 is 4.92 Å². The number of nitro benzene ring substituents is 1. The van der Waals surface area contributed by atoms with Crippen molar-refractivity contribution >= 4 is 17.3 Å². The lowest BCUT2D eigenvalue weighted by atomic mass is 10.1. The number of hydrogen-bond acceptors (Lipinski definition) is 3. The van der Waals surface area contributed by atoms with E-state index in [0.29, 0.717) is 18.3 Å². The molecule has 0 spiro atoms. The van der Waals surface area contributed by atoms with Crippen LogP contribution in [0.3, 0.4) is 0 Å². The third-order valence-corrected chi connectivity index (χ3v) is 2.61. The standard InChI is InChI=1S/C12H16ClNO3/c1-9(2)4-3-7-17-10-5-6-12(14(15)16)11(13)8-10/h5-6,8-9H,3-4,7H2,1-2H3. The van der Waals surface area contributed by atoms with E-state index in [9.17, 15) is 10.1 Å². The van der Waals surface area contributed by atoms with Gasteiger partial charge in [0.1, 0.15) is 10.8 Å². The van der Waals surface area contributed by atoms with Gasteiger partial charge in [-0.3, -0.25) is 10.1 Å². The average Bonchev–Trinajstić information content (AvgIpc) is 2.23. The fraction of sp³-hybridized carbons (Fsp3) is 0.500. The van der Waals surface area contributed by atoms with Gasteiger partial charge < -0.3 is 4.74 Å². The zero-order valence-corrected chi connectivity index (χ0v) is 10.7. The van der Waals surface area contributed by atoms with Crippen LogP contribution in [-0.2, 0) is 0 Å². The minimum atomic E-state index is -0.509. The molecule has 0 aliphatic rings. The number of nitrogens with zero attached hydrogens (tertiary/aromatic N) is 1. The number of nitro groups is 1. The third-order valence-electron chi connectivity index (χ3n) is 2.31. The molecule has 0 heterocycles. The van der Waals surface area contributed by atoms with Crippen molar-refractivity contribution < 1.29 is 9.66 Å². The summed E-state index contributed by atoms with van der Waals surface area (Å²) in [6, 6.07) is 4.41. The first-order valence-electron chi connectivity index (χ1n) is 5.57. The van der Waals surface area contributed by atoms with Crippen molar-refractivity contribution in [3.8, 4) is 5.75 Å². The Morgan fingerprint density at radius 2 is 2.18 bits per heavy atom. The molecular formula is C12H16ClNO3. The lowest BCUT2D eigenvalue weighted by molar-refractivity contribution is -0.384. The van der Waals surface area contributed by atoms with Crippen molar-refractivity contribution in [2.24, 2.45) is 5.92 Å². The van der Waals surface area contributed by atoms with Gasteiger partial charge in [0, 0.05) is 12.1 Å². The number of rotatable bonds is 6. The molecular weight excluding hydrogens is 242 g/mol. The highest BCUT2D eigenvalue weighted by Crippen LogP contribution is 2.28. The van der Waals surface area contributed by atoms with Gasteiger partial charge in [-0.2, -0.15) is 0 Å². The second-order valence-corrected chi connectivity index (χ2v) is 4.66. The summed E-state index contributed by atoms with van der Waals surface area (Å²) in [7, 11) is 0. The molecule has 17 heavy (non-hydrogen) atoms.